The number of carbonyl (C=O) groups excluding carboxylic acids is 2. The molecule has 1 aromatic carbocycles. The van der Waals surface area contributed by atoms with Crippen molar-refractivity contribution >= 4 is 11.9 Å². The van der Waals surface area contributed by atoms with E-state index >= 15 is 0 Å². The number of likely N-dealkylation sites (tertiary alicyclic amines) is 1. The van der Waals surface area contributed by atoms with Crippen molar-refractivity contribution in [1.82, 2.24) is 20.2 Å². The van der Waals surface area contributed by atoms with E-state index in [1.165, 1.54) is 6.33 Å². The van der Waals surface area contributed by atoms with Gasteiger partial charge in [0.2, 0.25) is 5.91 Å². The number of carbonyl (C=O) groups is 2. The molecule has 1 fully saturated rings. The second kappa shape index (κ2) is 9.72. The molecule has 2 aromatic rings. The molecule has 204 valence electrons. The van der Waals surface area contributed by atoms with E-state index in [-0.39, 0.29) is 49.3 Å². The van der Waals surface area contributed by atoms with Gasteiger partial charge in [-0.2, -0.15) is 0 Å². The van der Waals surface area contributed by atoms with Crippen LogP contribution in [-0.4, -0.2) is 80.9 Å². The summed E-state index contributed by atoms with van der Waals surface area (Å²) in [5.41, 5.74) is 5.62. The van der Waals surface area contributed by atoms with Crippen LogP contribution < -0.4 is 15.8 Å². The molecule has 0 radical (unpaired) electrons. The molecule has 5 rings (SSSR count). The number of rotatable bonds is 7. The first kappa shape index (κ1) is 26.2. The quantitative estimate of drug-likeness (QED) is 0.329. The van der Waals surface area contributed by atoms with Crippen LogP contribution in [0.1, 0.15) is 43.0 Å². The number of hydrogen-bond acceptors (Lipinski definition) is 9. The zero-order valence-corrected chi connectivity index (χ0v) is 21.9. The number of aromatic amines is 1. The minimum absolute atomic E-state index is 0.0276. The molecular formula is C27H35N5O6. The van der Waals surface area contributed by atoms with Crippen molar-refractivity contribution in [2.24, 2.45) is 5.73 Å². The molecule has 1 aliphatic carbocycles. The SMILES string of the molecule is Cc1ccc(O)c2c1[C@]13CCN(C)[C@H](C)[C@]1(O)CC=C(OC(=O)[C@H](Cc1cnc[nH]1)NC(=O)CCN)[C@@H]3O2. The molecule has 6 N–H and O–H groups in total. The Bertz CT molecular complexity index is 1260. The molecule has 2 aliphatic heterocycles. The third kappa shape index (κ3) is 3.96. The molecule has 1 amide bonds. The normalized spacial score (nSPS) is 28.8. The number of nitrogens with zero attached hydrogens (tertiary/aromatic N) is 2. The number of fused-ring (bicyclic) bond motifs is 1. The Kier molecular flexibility index (Phi) is 6.70. The number of phenols is 1. The van der Waals surface area contributed by atoms with Gasteiger partial charge in [-0.15, -0.1) is 0 Å². The number of ether oxygens (including phenoxy) is 2. The highest BCUT2D eigenvalue weighted by atomic mass is 16.6. The van der Waals surface area contributed by atoms with E-state index in [0.29, 0.717) is 24.4 Å². The van der Waals surface area contributed by atoms with Gasteiger partial charge in [-0.3, -0.25) is 4.79 Å². The Labute approximate surface area is 221 Å². The molecule has 1 aromatic heterocycles. The number of aryl methyl sites for hydroxylation is 1. The van der Waals surface area contributed by atoms with Crippen molar-refractivity contribution in [3.05, 3.63) is 53.3 Å². The summed E-state index contributed by atoms with van der Waals surface area (Å²) in [6.45, 7) is 4.73. The van der Waals surface area contributed by atoms with Gasteiger partial charge in [0, 0.05) is 49.3 Å². The molecule has 0 unspecified atom stereocenters. The molecule has 1 spiro atoms. The number of likely N-dealkylation sites (N-methyl/N-ethyl adjacent to an activating group) is 1. The van der Waals surface area contributed by atoms with Crippen LogP contribution in [0.15, 0.2) is 36.5 Å². The van der Waals surface area contributed by atoms with Gasteiger partial charge in [0.25, 0.3) is 0 Å². The molecule has 3 aliphatic rings. The minimum atomic E-state index is -1.24. The summed E-state index contributed by atoms with van der Waals surface area (Å²) in [4.78, 5) is 34.9. The first-order valence-corrected chi connectivity index (χ1v) is 12.9. The van der Waals surface area contributed by atoms with Gasteiger partial charge in [-0.25, -0.2) is 9.78 Å². The fourth-order valence-corrected chi connectivity index (χ4v) is 6.40. The van der Waals surface area contributed by atoms with E-state index in [1.54, 1.807) is 18.3 Å². The number of phenolic OH excluding ortho intramolecular Hbond substituents is 1. The Morgan fingerprint density at radius 2 is 2.21 bits per heavy atom. The molecule has 0 bridgehead atoms. The largest absolute Gasteiger partial charge is 0.504 e. The van der Waals surface area contributed by atoms with Crippen LogP contribution in [0, 0.1) is 6.92 Å². The third-order valence-corrected chi connectivity index (χ3v) is 8.52. The van der Waals surface area contributed by atoms with Crippen LogP contribution in [0.4, 0.5) is 0 Å². The van der Waals surface area contributed by atoms with Crippen molar-refractivity contribution in [1.29, 1.82) is 0 Å². The van der Waals surface area contributed by atoms with Crippen LogP contribution in [-0.2, 0) is 26.2 Å². The number of benzene rings is 1. The molecular weight excluding hydrogens is 490 g/mol. The lowest BCUT2D eigenvalue weighted by atomic mass is 9.54. The van der Waals surface area contributed by atoms with Gasteiger partial charge in [0.1, 0.15) is 11.8 Å². The van der Waals surface area contributed by atoms with Crippen molar-refractivity contribution < 1.29 is 29.3 Å². The van der Waals surface area contributed by atoms with Crippen LogP contribution in [0.5, 0.6) is 11.5 Å². The maximum Gasteiger partial charge on any atom is 0.334 e. The van der Waals surface area contributed by atoms with E-state index in [4.69, 9.17) is 15.2 Å². The van der Waals surface area contributed by atoms with Crippen LogP contribution in [0.2, 0.25) is 0 Å². The van der Waals surface area contributed by atoms with Gasteiger partial charge < -0.3 is 40.6 Å². The van der Waals surface area contributed by atoms with Gasteiger partial charge in [0.15, 0.2) is 17.6 Å². The molecule has 3 heterocycles. The second-order valence-electron chi connectivity index (χ2n) is 10.6. The standard InChI is InChI=1S/C27H35N5O6/c1-15-4-5-19(33)23-22(15)26-9-11-32(3)16(2)27(26,36)8-6-20(24(26)38-23)37-25(35)18(31-21(34)7-10-28)12-17-13-29-14-30-17/h4-6,13-14,16,18,24,33,36H,7-12,28H2,1-3H3,(H,29,30)(H,31,34)/t16-,18+,24+,26+,27-/m1/s1. The number of aromatic nitrogens is 2. The predicted molar refractivity (Wildman–Crippen MR) is 137 cm³/mol. The zero-order chi connectivity index (χ0) is 27.2. The summed E-state index contributed by atoms with van der Waals surface area (Å²) >= 11 is 0. The smallest absolute Gasteiger partial charge is 0.334 e. The lowest BCUT2D eigenvalue weighted by molar-refractivity contribution is -0.163. The minimum Gasteiger partial charge on any atom is -0.504 e. The van der Waals surface area contributed by atoms with Crippen molar-refractivity contribution in [2.75, 3.05) is 20.1 Å². The van der Waals surface area contributed by atoms with Crippen LogP contribution >= 0.6 is 0 Å². The second-order valence-corrected chi connectivity index (χ2v) is 10.6. The first-order valence-electron chi connectivity index (χ1n) is 12.9. The molecule has 1 saturated heterocycles. The van der Waals surface area contributed by atoms with Crippen LogP contribution in [0.25, 0.3) is 0 Å². The Morgan fingerprint density at radius 1 is 1.42 bits per heavy atom. The van der Waals surface area contributed by atoms with E-state index in [9.17, 15) is 19.8 Å². The maximum atomic E-state index is 13.5. The number of H-pyrrole nitrogens is 1. The highest BCUT2D eigenvalue weighted by molar-refractivity contribution is 5.85. The predicted octanol–water partition coefficient (Wildman–Crippen LogP) is 0.785. The highest BCUT2D eigenvalue weighted by Gasteiger charge is 2.69. The summed E-state index contributed by atoms with van der Waals surface area (Å²) in [7, 11) is 1.97. The van der Waals surface area contributed by atoms with Crippen molar-refractivity contribution in [3.8, 4) is 11.5 Å². The number of amides is 1. The summed E-state index contributed by atoms with van der Waals surface area (Å²) in [6, 6.07) is 2.16. The van der Waals surface area contributed by atoms with E-state index < -0.39 is 29.1 Å². The summed E-state index contributed by atoms with van der Waals surface area (Å²) in [6.07, 6.45) is 4.90. The monoisotopic (exact) mass is 525 g/mol. The molecule has 11 nitrogen and oxygen atoms in total. The summed E-state index contributed by atoms with van der Waals surface area (Å²) < 4.78 is 12.3. The van der Waals surface area contributed by atoms with Crippen LogP contribution in [0.3, 0.4) is 0 Å². The molecule has 5 atom stereocenters. The van der Waals surface area contributed by atoms with E-state index in [2.05, 4.69) is 20.2 Å². The number of nitrogens with one attached hydrogen (secondary N) is 2. The number of imidazole rings is 1. The molecule has 38 heavy (non-hydrogen) atoms. The Balaban J connectivity index is 1.51. The number of aliphatic hydroxyl groups is 1. The number of aromatic hydroxyl groups is 1. The number of esters is 1. The zero-order valence-electron chi connectivity index (χ0n) is 21.9. The van der Waals surface area contributed by atoms with E-state index in [0.717, 1.165) is 11.1 Å². The molecule has 11 heteroatoms. The van der Waals surface area contributed by atoms with Gasteiger partial charge in [0.05, 0.1) is 17.3 Å². The van der Waals surface area contributed by atoms with E-state index in [1.807, 2.05) is 27.0 Å². The third-order valence-electron chi connectivity index (χ3n) is 8.52. The Morgan fingerprint density at radius 3 is 2.92 bits per heavy atom. The van der Waals surface area contributed by atoms with Crippen molar-refractivity contribution in [3.63, 3.8) is 0 Å². The van der Waals surface area contributed by atoms with Gasteiger partial charge in [-0.1, -0.05) is 6.07 Å². The summed E-state index contributed by atoms with van der Waals surface area (Å²) in [5, 5.41) is 25.7. The number of nitrogens with two attached hydrogens (primary N) is 1. The van der Waals surface area contributed by atoms with Crippen molar-refractivity contribution in [2.45, 2.75) is 68.7 Å². The first-order chi connectivity index (χ1) is 18.1. The highest BCUT2D eigenvalue weighted by Crippen LogP contribution is 2.62. The fourth-order valence-electron chi connectivity index (χ4n) is 6.40. The average Bonchev–Trinajstić information content (AvgIpc) is 3.52. The lowest BCUT2D eigenvalue weighted by Crippen LogP contribution is -2.71. The lowest BCUT2D eigenvalue weighted by Gasteiger charge is -2.58. The van der Waals surface area contributed by atoms with Gasteiger partial charge in [-0.05, 0) is 51.6 Å². The summed E-state index contributed by atoms with van der Waals surface area (Å²) in [5.74, 6) is -0.501. The number of piperidine rings is 1. The maximum absolute atomic E-state index is 13.5. The Hall–Kier alpha value is -3.41. The fraction of sp³-hybridized carbons (Fsp3) is 0.519. The number of hydrogen-bond donors (Lipinski definition) is 5. The average molecular weight is 526 g/mol. The topological polar surface area (TPSA) is 163 Å². The molecule has 0 saturated carbocycles. The van der Waals surface area contributed by atoms with Gasteiger partial charge >= 0.3 is 5.97 Å².